The highest BCUT2D eigenvalue weighted by Gasteiger charge is 2.37. The quantitative estimate of drug-likeness (QED) is 0.591. The minimum atomic E-state index is 0.136. The Hall–Kier alpha value is -1.22. The van der Waals surface area contributed by atoms with Gasteiger partial charge in [-0.2, -0.15) is 0 Å². The molecule has 3 rings (SSSR count). The van der Waals surface area contributed by atoms with E-state index in [0.29, 0.717) is 0 Å². The number of benzene rings is 1. The Labute approximate surface area is 77.5 Å². The lowest BCUT2D eigenvalue weighted by Gasteiger charge is -2.21. The molecule has 1 aromatic carbocycles. The van der Waals surface area contributed by atoms with E-state index in [-0.39, 0.29) is 6.35 Å². The second-order valence-electron chi connectivity index (χ2n) is 3.49. The van der Waals surface area contributed by atoms with Gasteiger partial charge in [-0.3, -0.25) is 0 Å². The standard InChI is InChI=1S/C10H12N2O/c1-11-8-4-2-3-5-9(8)12-6-7-13-10(11)12/h2-5,10H,6-7H2,1H3. The Kier molecular flexibility index (Phi) is 1.32. The van der Waals surface area contributed by atoms with Gasteiger partial charge in [0.15, 0.2) is 0 Å². The van der Waals surface area contributed by atoms with E-state index in [4.69, 9.17) is 4.74 Å². The molecule has 0 bridgehead atoms. The molecule has 0 saturated carbocycles. The fourth-order valence-electron chi connectivity index (χ4n) is 2.14. The summed E-state index contributed by atoms with van der Waals surface area (Å²) in [7, 11) is 2.08. The number of ether oxygens (including phenoxy) is 1. The predicted octanol–water partition coefficient (Wildman–Crippen LogP) is 1.26. The zero-order chi connectivity index (χ0) is 8.84. The molecular weight excluding hydrogens is 164 g/mol. The summed E-state index contributed by atoms with van der Waals surface area (Å²) in [5.74, 6) is 0. The van der Waals surface area contributed by atoms with Crippen LogP contribution in [0.4, 0.5) is 11.4 Å². The van der Waals surface area contributed by atoms with Crippen LogP contribution in [-0.4, -0.2) is 26.6 Å². The van der Waals surface area contributed by atoms with Crippen LogP contribution in [-0.2, 0) is 4.74 Å². The summed E-state index contributed by atoms with van der Waals surface area (Å²) < 4.78 is 5.62. The second kappa shape index (κ2) is 2.39. The van der Waals surface area contributed by atoms with E-state index < -0.39 is 0 Å². The molecule has 1 aromatic rings. The summed E-state index contributed by atoms with van der Waals surface area (Å²) in [5, 5.41) is 0. The molecule has 68 valence electrons. The number of rotatable bonds is 0. The number of fused-ring (bicyclic) bond motifs is 3. The van der Waals surface area contributed by atoms with Gasteiger partial charge in [0, 0.05) is 13.6 Å². The number of nitrogens with zero attached hydrogens (tertiary/aromatic N) is 2. The van der Waals surface area contributed by atoms with Crippen LogP contribution in [0, 0.1) is 0 Å². The maximum absolute atomic E-state index is 5.62. The molecular formula is C10H12N2O. The van der Waals surface area contributed by atoms with E-state index in [9.17, 15) is 0 Å². The van der Waals surface area contributed by atoms with Crippen molar-refractivity contribution < 1.29 is 4.74 Å². The van der Waals surface area contributed by atoms with Gasteiger partial charge in [-0.25, -0.2) is 0 Å². The number of para-hydroxylation sites is 2. The molecule has 0 radical (unpaired) electrons. The summed E-state index contributed by atoms with van der Waals surface area (Å²) in [5.41, 5.74) is 2.57. The summed E-state index contributed by atoms with van der Waals surface area (Å²) in [6.07, 6.45) is 0.136. The van der Waals surface area contributed by atoms with Crippen LogP contribution in [0.1, 0.15) is 0 Å². The van der Waals surface area contributed by atoms with Crippen molar-refractivity contribution in [3.05, 3.63) is 24.3 Å². The molecule has 2 aliphatic rings. The van der Waals surface area contributed by atoms with Crippen molar-refractivity contribution >= 4 is 11.4 Å². The molecule has 0 amide bonds. The van der Waals surface area contributed by atoms with Crippen molar-refractivity contribution in [3.8, 4) is 0 Å². The van der Waals surface area contributed by atoms with Crippen LogP contribution in [0.5, 0.6) is 0 Å². The van der Waals surface area contributed by atoms with E-state index in [1.807, 2.05) is 0 Å². The lowest BCUT2D eigenvalue weighted by atomic mass is 10.2. The van der Waals surface area contributed by atoms with Crippen LogP contribution in [0.25, 0.3) is 0 Å². The molecule has 3 nitrogen and oxygen atoms in total. The van der Waals surface area contributed by atoms with E-state index in [0.717, 1.165) is 13.2 Å². The topological polar surface area (TPSA) is 15.7 Å². The average molecular weight is 176 g/mol. The fourth-order valence-corrected chi connectivity index (χ4v) is 2.14. The van der Waals surface area contributed by atoms with Crippen molar-refractivity contribution in [3.63, 3.8) is 0 Å². The van der Waals surface area contributed by atoms with Gasteiger partial charge in [0.1, 0.15) is 0 Å². The third kappa shape index (κ3) is 0.823. The number of hydrogen-bond donors (Lipinski definition) is 0. The molecule has 0 N–H and O–H groups in total. The highest BCUT2D eigenvalue weighted by Crippen LogP contribution is 2.40. The highest BCUT2D eigenvalue weighted by atomic mass is 16.5. The van der Waals surface area contributed by atoms with Gasteiger partial charge >= 0.3 is 0 Å². The Morgan fingerprint density at radius 2 is 2.08 bits per heavy atom. The Morgan fingerprint density at radius 1 is 1.31 bits per heavy atom. The molecule has 0 spiro atoms. The third-order valence-corrected chi connectivity index (χ3v) is 2.77. The lowest BCUT2D eigenvalue weighted by molar-refractivity contribution is 0.118. The van der Waals surface area contributed by atoms with Crippen molar-refractivity contribution in [2.24, 2.45) is 0 Å². The number of hydrogen-bond acceptors (Lipinski definition) is 3. The van der Waals surface area contributed by atoms with Gasteiger partial charge < -0.3 is 14.5 Å². The Bertz CT molecular complexity index is 339. The Morgan fingerprint density at radius 3 is 2.92 bits per heavy atom. The predicted molar refractivity (Wildman–Crippen MR) is 51.9 cm³/mol. The summed E-state index contributed by atoms with van der Waals surface area (Å²) >= 11 is 0. The zero-order valence-electron chi connectivity index (χ0n) is 7.60. The lowest BCUT2D eigenvalue weighted by Crippen LogP contribution is -2.36. The van der Waals surface area contributed by atoms with Gasteiger partial charge in [0.25, 0.3) is 0 Å². The van der Waals surface area contributed by atoms with Crippen LogP contribution in [0.15, 0.2) is 24.3 Å². The molecule has 3 heteroatoms. The summed E-state index contributed by atoms with van der Waals surface area (Å²) in [4.78, 5) is 4.48. The van der Waals surface area contributed by atoms with E-state index in [1.165, 1.54) is 11.4 Å². The summed E-state index contributed by atoms with van der Waals surface area (Å²) in [6.45, 7) is 1.84. The zero-order valence-corrected chi connectivity index (χ0v) is 7.60. The van der Waals surface area contributed by atoms with Crippen LogP contribution < -0.4 is 9.80 Å². The molecule has 1 saturated heterocycles. The van der Waals surface area contributed by atoms with Crippen molar-refractivity contribution in [1.82, 2.24) is 0 Å². The molecule has 0 aliphatic carbocycles. The fraction of sp³-hybridized carbons (Fsp3) is 0.400. The molecule has 2 heterocycles. The smallest absolute Gasteiger partial charge is 0.210 e. The minimum Gasteiger partial charge on any atom is -0.338 e. The SMILES string of the molecule is CN1c2ccccc2N2CCOC12. The normalized spacial score (nSPS) is 24.8. The molecule has 2 aliphatic heterocycles. The first-order valence-corrected chi connectivity index (χ1v) is 4.58. The Balaban J connectivity index is 2.13. The van der Waals surface area contributed by atoms with Crippen LogP contribution in [0.3, 0.4) is 0 Å². The molecule has 1 atom stereocenters. The van der Waals surface area contributed by atoms with Crippen LogP contribution in [0.2, 0.25) is 0 Å². The maximum atomic E-state index is 5.62. The van der Waals surface area contributed by atoms with Crippen molar-refractivity contribution in [1.29, 1.82) is 0 Å². The maximum Gasteiger partial charge on any atom is 0.210 e. The van der Waals surface area contributed by atoms with Gasteiger partial charge in [-0.15, -0.1) is 0 Å². The first kappa shape index (κ1) is 7.21. The van der Waals surface area contributed by atoms with Crippen molar-refractivity contribution in [2.45, 2.75) is 6.35 Å². The summed E-state index contributed by atoms with van der Waals surface area (Å²) in [6, 6.07) is 8.43. The minimum absolute atomic E-state index is 0.136. The molecule has 13 heavy (non-hydrogen) atoms. The van der Waals surface area contributed by atoms with Gasteiger partial charge in [-0.1, -0.05) is 12.1 Å². The monoisotopic (exact) mass is 176 g/mol. The number of anilines is 2. The van der Waals surface area contributed by atoms with E-state index in [1.54, 1.807) is 0 Å². The molecule has 1 fully saturated rings. The molecule has 1 unspecified atom stereocenters. The third-order valence-electron chi connectivity index (χ3n) is 2.77. The van der Waals surface area contributed by atoms with Crippen molar-refractivity contribution in [2.75, 3.05) is 30.0 Å². The second-order valence-corrected chi connectivity index (χ2v) is 3.49. The molecule has 0 aromatic heterocycles. The highest BCUT2D eigenvalue weighted by molar-refractivity contribution is 5.76. The first-order chi connectivity index (χ1) is 6.38. The largest absolute Gasteiger partial charge is 0.338 e. The first-order valence-electron chi connectivity index (χ1n) is 4.58. The van der Waals surface area contributed by atoms with Crippen LogP contribution >= 0.6 is 0 Å². The van der Waals surface area contributed by atoms with Gasteiger partial charge in [0.05, 0.1) is 18.0 Å². The van der Waals surface area contributed by atoms with Gasteiger partial charge in [0.2, 0.25) is 6.35 Å². The van der Waals surface area contributed by atoms with E-state index in [2.05, 4.69) is 41.1 Å². The van der Waals surface area contributed by atoms with Gasteiger partial charge in [-0.05, 0) is 12.1 Å². The van der Waals surface area contributed by atoms with E-state index >= 15 is 0 Å². The average Bonchev–Trinajstić information content (AvgIpc) is 2.72.